The Balaban J connectivity index is 2.20. The number of nitrogens with zero attached hydrogens (tertiary/aromatic N) is 2. The molecule has 0 saturated carbocycles. The quantitative estimate of drug-likeness (QED) is 0.685. The van der Waals surface area contributed by atoms with Gasteiger partial charge in [-0.3, -0.25) is 0 Å². The Kier molecular flexibility index (Phi) is 5.55. The monoisotopic (exact) mass is 218 g/mol. The first-order chi connectivity index (χ1) is 7.72. The summed E-state index contributed by atoms with van der Waals surface area (Å²) in [5.41, 5.74) is 1.81. The van der Waals surface area contributed by atoms with Crippen LogP contribution in [0.15, 0.2) is 24.3 Å². The molecule has 0 amide bonds. The van der Waals surface area contributed by atoms with Gasteiger partial charge in [0.05, 0.1) is 18.2 Å². The maximum Gasteiger partial charge on any atom is 0.0991 e. The molecule has 0 unspecified atom stereocenters. The molecule has 3 nitrogen and oxygen atoms in total. The van der Waals surface area contributed by atoms with Crippen LogP contribution in [0.2, 0.25) is 0 Å². The lowest BCUT2D eigenvalue weighted by molar-refractivity contribution is 0.113. The topological polar surface area (TPSA) is 36.3 Å². The summed E-state index contributed by atoms with van der Waals surface area (Å²) in [6, 6.07) is 9.60. The highest BCUT2D eigenvalue weighted by Gasteiger charge is 1.95. The summed E-state index contributed by atoms with van der Waals surface area (Å²) in [6.45, 7) is 2.45. The van der Waals surface area contributed by atoms with E-state index in [0.29, 0.717) is 12.2 Å². The number of ether oxygens (including phenoxy) is 1. The van der Waals surface area contributed by atoms with Crippen LogP contribution in [0.25, 0.3) is 0 Å². The van der Waals surface area contributed by atoms with Crippen molar-refractivity contribution in [1.82, 2.24) is 4.90 Å². The van der Waals surface area contributed by atoms with Crippen molar-refractivity contribution in [2.24, 2.45) is 0 Å². The first kappa shape index (κ1) is 12.7. The summed E-state index contributed by atoms with van der Waals surface area (Å²) in [6.07, 6.45) is 1.04. The summed E-state index contributed by atoms with van der Waals surface area (Å²) in [5.74, 6) is 0. The molecule has 0 aliphatic heterocycles. The van der Waals surface area contributed by atoms with Crippen LogP contribution in [0.1, 0.15) is 17.5 Å². The minimum absolute atomic E-state index is 0.624. The van der Waals surface area contributed by atoms with Crippen molar-refractivity contribution in [3.63, 3.8) is 0 Å². The van der Waals surface area contributed by atoms with Gasteiger partial charge in [-0.2, -0.15) is 5.26 Å². The highest BCUT2D eigenvalue weighted by Crippen LogP contribution is 2.04. The molecule has 0 aliphatic carbocycles. The Labute approximate surface area is 97.3 Å². The molecule has 0 aliphatic rings. The second kappa shape index (κ2) is 7.00. The van der Waals surface area contributed by atoms with Crippen molar-refractivity contribution in [2.45, 2.75) is 13.0 Å². The Bertz CT molecular complexity index is 338. The molecule has 1 aromatic rings. The third-order valence-electron chi connectivity index (χ3n) is 2.25. The molecule has 3 heteroatoms. The summed E-state index contributed by atoms with van der Waals surface area (Å²) in [7, 11) is 4.11. The van der Waals surface area contributed by atoms with Gasteiger partial charge in [-0.05, 0) is 44.8 Å². The fraction of sp³-hybridized carbons (Fsp3) is 0.462. The Morgan fingerprint density at radius 1 is 1.25 bits per heavy atom. The number of benzene rings is 1. The molecule has 86 valence electrons. The predicted octanol–water partition coefficient (Wildman–Crippen LogP) is 2.03. The molecule has 0 bridgehead atoms. The third-order valence-corrected chi connectivity index (χ3v) is 2.25. The fourth-order valence-corrected chi connectivity index (χ4v) is 1.35. The molecule has 0 N–H and O–H groups in total. The molecule has 1 aromatic carbocycles. The Morgan fingerprint density at radius 3 is 2.50 bits per heavy atom. The average molecular weight is 218 g/mol. The SMILES string of the molecule is CN(C)CCCOCc1ccc(C#N)cc1. The zero-order valence-corrected chi connectivity index (χ0v) is 9.94. The molecule has 0 saturated heterocycles. The molecule has 0 spiro atoms. The van der Waals surface area contributed by atoms with Crippen molar-refractivity contribution in [3.05, 3.63) is 35.4 Å². The van der Waals surface area contributed by atoms with Crippen LogP contribution in [0, 0.1) is 11.3 Å². The normalized spacial score (nSPS) is 10.4. The molecule has 0 aromatic heterocycles. The lowest BCUT2D eigenvalue weighted by atomic mass is 10.2. The maximum absolute atomic E-state index is 8.64. The molecule has 0 radical (unpaired) electrons. The smallest absolute Gasteiger partial charge is 0.0991 e. The van der Waals surface area contributed by atoms with Gasteiger partial charge < -0.3 is 9.64 Å². The van der Waals surface area contributed by atoms with Gasteiger partial charge in [-0.1, -0.05) is 12.1 Å². The van der Waals surface area contributed by atoms with Gasteiger partial charge in [0, 0.05) is 6.61 Å². The third kappa shape index (κ3) is 4.92. The van der Waals surface area contributed by atoms with Crippen molar-refractivity contribution in [2.75, 3.05) is 27.2 Å². The van der Waals surface area contributed by atoms with Gasteiger partial charge in [0.2, 0.25) is 0 Å². The zero-order valence-electron chi connectivity index (χ0n) is 9.94. The molecule has 16 heavy (non-hydrogen) atoms. The van der Waals surface area contributed by atoms with E-state index in [2.05, 4.69) is 25.1 Å². The van der Waals surface area contributed by atoms with Gasteiger partial charge in [0.25, 0.3) is 0 Å². The summed E-state index contributed by atoms with van der Waals surface area (Å²) >= 11 is 0. The van der Waals surface area contributed by atoms with Crippen molar-refractivity contribution < 1.29 is 4.74 Å². The van der Waals surface area contributed by atoms with Crippen molar-refractivity contribution >= 4 is 0 Å². The molecule has 1 rings (SSSR count). The van der Waals surface area contributed by atoms with Crippen LogP contribution >= 0.6 is 0 Å². The minimum atomic E-state index is 0.624. The van der Waals surface area contributed by atoms with E-state index in [1.54, 1.807) is 0 Å². The van der Waals surface area contributed by atoms with Crippen molar-refractivity contribution in [3.8, 4) is 6.07 Å². The van der Waals surface area contributed by atoms with E-state index < -0.39 is 0 Å². The molecule has 0 atom stereocenters. The second-order valence-electron chi connectivity index (χ2n) is 4.02. The highest BCUT2D eigenvalue weighted by atomic mass is 16.5. The van der Waals surface area contributed by atoms with Crippen LogP contribution in [-0.2, 0) is 11.3 Å². The first-order valence-corrected chi connectivity index (χ1v) is 5.44. The summed E-state index contributed by atoms with van der Waals surface area (Å²) in [4.78, 5) is 2.14. The highest BCUT2D eigenvalue weighted by molar-refractivity contribution is 5.31. The minimum Gasteiger partial charge on any atom is -0.377 e. The van der Waals surface area contributed by atoms with Crippen LogP contribution in [-0.4, -0.2) is 32.1 Å². The molecular weight excluding hydrogens is 200 g/mol. The Morgan fingerprint density at radius 2 is 1.94 bits per heavy atom. The van der Waals surface area contributed by atoms with E-state index in [4.69, 9.17) is 10.00 Å². The van der Waals surface area contributed by atoms with Gasteiger partial charge in [0.15, 0.2) is 0 Å². The van der Waals surface area contributed by atoms with Crippen LogP contribution in [0.3, 0.4) is 0 Å². The number of nitriles is 1. The van der Waals surface area contributed by atoms with Crippen molar-refractivity contribution in [1.29, 1.82) is 5.26 Å². The van der Waals surface area contributed by atoms with E-state index in [1.165, 1.54) is 0 Å². The molecular formula is C13H18N2O. The van der Waals surface area contributed by atoms with E-state index in [0.717, 1.165) is 25.1 Å². The van der Waals surface area contributed by atoms with Gasteiger partial charge in [-0.25, -0.2) is 0 Å². The Hall–Kier alpha value is -1.37. The molecule has 0 heterocycles. The molecule has 0 fully saturated rings. The maximum atomic E-state index is 8.64. The second-order valence-corrected chi connectivity index (χ2v) is 4.02. The largest absolute Gasteiger partial charge is 0.377 e. The van der Waals surface area contributed by atoms with Gasteiger partial charge in [-0.15, -0.1) is 0 Å². The van der Waals surface area contributed by atoms with Gasteiger partial charge >= 0.3 is 0 Å². The number of hydrogen-bond donors (Lipinski definition) is 0. The number of rotatable bonds is 6. The lowest BCUT2D eigenvalue weighted by Crippen LogP contribution is -2.14. The van der Waals surface area contributed by atoms with Gasteiger partial charge in [0.1, 0.15) is 0 Å². The average Bonchev–Trinajstić information content (AvgIpc) is 2.29. The van der Waals surface area contributed by atoms with E-state index in [1.807, 2.05) is 24.3 Å². The first-order valence-electron chi connectivity index (χ1n) is 5.44. The summed E-state index contributed by atoms with van der Waals surface area (Å²) < 4.78 is 5.53. The number of hydrogen-bond acceptors (Lipinski definition) is 3. The predicted molar refractivity (Wildman–Crippen MR) is 64.0 cm³/mol. The van der Waals surface area contributed by atoms with Crippen LogP contribution in [0.4, 0.5) is 0 Å². The lowest BCUT2D eigenvalue weighted by Gasteiger charge is -2.09. The van der Waals surface area contributed by atoms with E-state index in [-0.39, 0.29) is 0 Å². The van der Waals surface area contributed by atoms with Crippen LogP contribution in [0.5, 0.6) is 0 Å². The van der Waals surface area contributed by atoms with E-state index in [9.17, 15) is 0 Å². The van der Waals surface area contributed by atoms with E-state index >= 15 is 0 Å². The zero-order chi connectivity index (χ0) is 11.8. The fourth-order valence-electron chi connectivity index (χ4n) is 1.35. The summed E-state index contributed by atoms with van der Waals surface area (Å²) in [5, 5.41) is 8.64. The van der Waals surface area contributed by atoms with Crippen LogP contribution < -0.4 is 0 Å². The standard InChI is InChI=1S/C13H18N2O/c1-15(2)8-3-9-16-11-13-6-4-12(10-14)5-7-13/h4-7H,3,8-9,11H2,1-2H3.